The van der Waals surface area contributed by atoms with E-state index in [2.05, 4.69) is 63.6 Å². The van der Waals surface area contributed by atoms with Gasteiger partial charge in [0.05, 0.1) is 0 Å². The molecule has 0 aliphatic heterocycles. The molecular weight excluding hydrogens is 320 g/mol. The molecule has 2 aromatic rings. The lowest BCUT2D eigenvalue weighted by molar-refractivity contribution is 0.331. The first-order valence-electron chi connectivity index (χ1n) is 6.37. The fraction of sp³-hybridized carbons (Fsp3) is 0.333. The summed E-state index contributed by atoms with van der Waals surface area (Å²) in [4.78, 5) is 3.80. The van der Waals surface area contributed by atoms with Crippen LogP contribution >= 0.6 is 27.3 Å². The van der Waals surface area contributed by atoms with Crippen molar-refractivity contribution in [3.8, 4) is 0 Å². The van der Waals surface area contributed by atoms with E-state index >= 15 is 0 Å². The van der Waals surface area contributed by atoms with Crippen LogP contribution in [0.15, 0.2) is 40.2 Å². The van der Waals surface area contributed by atoms with E-state index in [-0.39, 0.29) is 0 Å². The summed E-state index contributed by atoms with van der Waals surface area (Å²) in [6.45, 7) is 2.62. The molecule has 0 saturated carbocycles. The molecule has 0 unspecified atom stereocenters. The van der Waals surface area contributed by atoms with Crippen LogP contribution in [-0.4, -0.2) is 18.5 Å². The van der Waals surface area contributed by atoms with Crippen molar-refractivity contribution in [1.82, 2.24) is 4.90 Å². The maximum atomic E-state index is 5.64. The molecule has 2 rings (SSSR count). The Kier molecular flexibility index (Phi) is 5.58. The van der Waals surface area contributed by atoms with Gasteiger partial charge < -0.3 is 10.6 Å². The van der Waals surface area contributed by atoms with Crippen LogP contribution in [0, 0.1) is 0 Å². The summed E-state index contributed by atoms with van der Waals surface area (Å²) in [7, 11) is 2.16. The lowest BCUT2D eigenvalue weighted by Gasteiger charge is -2.17. The zero-order valence-corrected chi connectivity index (χ0v) is 13.5. The molecule has 19 heavy (non-hydrogen) atoms. The van der Waals surface area contributed by atoms with Gasteiger partial charge in [-0.05, 0) is 42.1 Å². The maximum absolute atomic E-state index is 5.64. The van der Waals surface area contributed by atoms with Crippen molar-refractivity contribution in [1.29, 1.82) is 0 Å². The molecule has 4 heteroatoms. The van der Waals surface area contributed by atoms with E-state index in [0.717, 1.165) is 29.5 Å². The highest BCUT2D eigenvalue weighted by Crippen LogP contribution is 2.20. The third-order valence-electron chi connectivity index (χ3n) is 3.11. The third kappa shape index (κ3) is 4.42. The first-order valence-corrected chi connectivity index (χ1v) is 8.04. The largest absolute Gasteiger partial charge is 0.326 e. The Morgan fingerprint density at radius 2 is 2.16 bits per heavy atom. The van der Waals surface area contributed by atoms with Gasteiger partial charge in [0, 0.05) is 29.0 Å². The van der Waals surface area contributed by atoms with Crippen molar-refractivity contribution in [2.75, 3.05) is 13.6 Å². The Bertz CT molecular complexity index is 511. The molecule has 2 N–H and O–H groups in total. The summed E-state index contributed by atoms with van der Waals surface area (Å²) in [6, 6.07) is 10.7. The minimum Gasteiger partial charge on any atom is -0.326 e. The minimum absolute atomic E-state index is 0.590. The van der Waals surface area contributed by atoms with Crippen LogP contribution in [0.4, 0.5) is 0 Å². The van der Waals surface area contributed by atoms with Crippen LogP contribution in [0.5, 0.6) is 0 Å². The lowest BCUT2D eigenvalue weighted by atomic mass is 10.1. The summed E-state index contributed by atoms with van der Waals surface area (Å²) >= 11 is 5.46. The van der Waals surface area contributed by atoms with Gasteiger partial charge in [-0.3, -0.25) is 0 Å². The fourth-order valence-corrected chi connectivity index (χ4v) is 3.22. The third-order valence-corrected chi connectivity index (χ3v) is 4.79. The van der Waals surface area contributed by atoms with Crippen molar-refractivity contribution in [2.45, 2.75) is 19.5 Å². The van der Waals surface area contributed by atoms with Crippen molar-refractivity contribution in [3.05, 3.63) is 56.2 Å². The summed E-state index contributed by atoms with van der Waals surface area (Å²) in [5.41, 5.74) is 8.12. The number of halogens is 1. The Balaban J connectivity index is 1.89. The molecule has 0 saturated heterocycles. The maximum Gasteiger partial charge on any atom is 0.0242 e. The van der Waals surface area contributed by atoms with E-state index in [9.17, 15) is 0 Å². The molecule has 1 heterocycles. The van der Waals surface area contributed by atoms with Crippen LogP contribution in [0.2, 0.25) is 0 Å². The molecule has 0 radical (unpaired) electrons. The number of benzene rings is 1. The molecule has 0 aliphatic rings. The van der Waals surface area contributed by atoms with Crippen LogP contribution in [0.1, 0.15) is 16.0 Å². The normalized spacial score (nSPS) is 11.2. The van der Waals surface area contributed by atoms with Crippen LogP contribution in [-0.2, 0) is 19.5 Å². The second-order valence-electron chi connectivity index (χ2n) is 4.70. The van der Waals surface area contributed by atoms with E-state index in [1.54, 1.807) is 0 Å². The van der Waals surface area contributed by atoms with Gasteiger partial charge in [0.15, 0.2) is 0 Å². The highest BCUT2D eigenvalue weighted by atomic mass is 79.9. The Morgan fingerprint density at radius 1 is 1.32 bits per heavy atom. The van der Waals surface area contributed by atoms with Crippen molar-refractivity contribution in [2.24, 2.45) is 5.73 Å². The zero-order valence-electron chi connectivity index (χ0n) is 11.1. The standard InChI is InChI=1S/C15H19BrN2S/c1-18(7-6-14-3-2-8-19-14)11-13-5-4-12(10-17)9-15(13)16/h2-5,8-9H,6-7,10-11,17H2,1H3. The number of hydrogen-bond acceptors (Lipinski definition) is 3. The van der Waals surface area contributed by atoms with Crippen LogP contribution < -0.4 is 5.73 Å². The lowest BCUT2D eigenvalue weighted by Crippen LogP contribution is -2.20. The highest BCUT2D eigenvalue weighted by Gasteiger charge is 2.05. The van der Waals surface area contributed by atoms with Crippen molar-refractivity contribution in [3.63, 3.8) is 0 Å². The van der Waals surface area contributed by atoms with Gasteiger partial charge in [-0.2, -0.15) is 0 Å². The molecule has 0 fully saturated rings. The number of nitrogens with two attached hydrogens (primary N) is 1. The molecule has 1 aromatic carbocycles. The van der Waals surface area contributed by atoms with Gasteiger partial charge in [-0.25, -0.2) is 0 Å². The Morgan fingerprint density at radius 3 is 2.79 bits per heavy atom. The monoisotopic (exact) mass is 338 g/mol. The van der Waals surface area contributed by atoms with E-state index < -0.39 is 0 Å². The summed E-state index contributed by atoms with van der Waals surface area (Å²) in [6.07, 6.45) is 1.12. The summed E-state index contributed by atoms with van der Waals surface area (Å²) in [5.74, 6) is 0. The smallest absolute Gasteiger partial charge is 0.0242 e. The quantitative estimate of drug-likeness (QED) is 0.871. The summed E-state index contributed by atoms with van der Waals surface area (Å²) < 4.78 is 1.15. The molecule has 0 spiro atoms. The number of likely N-dealkylation sites (N-methyl/N-ethyl adjacent to an activating group) is 1. The first kappa shape index (κ1) is 14.7. The van der Waals surface area contributed by atoms with Crippen LogP contribution in [0.25, 0.3) is 0 Å². The number of hydrogen-bond donors (Lipinski definition) is 1. The number of rotatable bonds is 6. The van der Waals surface area contributed by atoms with Gasteiger partial charge in [-0.1, -0.05) is 34.1 Å². The topological polar surface area (TPSA) is 29.3 Å². The molecule has 0 amide bonds. The molecule has 0 aliphatic carbocycles. The van der Waals surface area contributed by atoms with Gasteiger partial charge in [0.25, 0.3) is 0 Å². The molecule has 2 nitrogen and oxygen atoms in total. The first-order chi connectivity index (χ1) is 9.19. The second-order valence-corrected chi connectivity index (χ2v) is 6.58. The molecular formula is C15H19BrN2S. The predicted molar refractivity (Wildman–Crippen MR) is 86.4 cm³/mol. The van der Waals surface area contributed by atoms with Gasteiger partial charge in [-0.15, -0.1) is 11.3 Å². The second kappa shape index (κ2) is 7.20. The summed E-state index contributed by atoms with van der Waals surface area (Å²) in [5, 5.41) is 2.14. The Labute approximate surface area is 127 Å². The average Bonchev–Trinajstić information content (AvgIpc) is 2.92. The SMILES string of the molecule is CN(CCc1cccs1)Cc1ccc(CN)cc1Br. The van der Waals surface area contributed by atoms with E-state index in [4.69, 9.17) is 5.73 Å². The van der Waals surface area contributed by atoms with E-state index in [1.165, 1.54) is 10.4 Å². The molecule has 1 aromatic heterocycles. The fourth-order valence-electron chi connectivity index (χ4n) is 1.97. The molecule has 0 atom stereocenters. The van der Waals surface area contributed by atoms with Gasteiger partial charge in [0.2, 0.25) is 0 Å². The number of thiophene rings is 1. The van der Waals surface area contributed by atoms with Crippen LogP contribution in [0.3, 0.4) is 0 Å². The van der Waals surface area contributed by atoms with E-state index in [0.29, 0.717) is 6.54 Å². The predicted octanol–water partition coefficient (Wildman–Crippen LogP) is 3.64. The highest BCUT2D eigenvalue weighted by molar-refractivity contribution is 9.10. The van der Waals surface area contributed by atoms with Crippen molar-refractivity contribution < 1.29 is 0 Å². The van der Waals surface area contributed by atoms with Crippen molar-refractivity contribution >= 4 is 27.3 Å². The minimum atomic E-state index is 0.590. The van der Waals surface area contributed by atoms with Gasteiger partial charge >= 0.3 is 0 Å². The number of nitrogens with zero attached hydrogens (tertiary/aromatic N) is 1. The molecule has 0 bridgehead atoms. The Hall–Kier alpha value is -0.680. The zero-order chi connectivity index (χ0) is 13.7. The van der Waals surface area contributed by atoms with Gasteiger partial charge in [0.1, 0.15) is 0 Å². The molecule has 102 valence electrons. The average molecular weight is 339 g/mol. The van der Waals surface area contributed by atoms with E-state index in [1.807, 2.05) is 11.3 Å².